The molecule has 0 saturated heterocycles. The number of carbonyl (C=O) groups is 1. The molecule has 0 aromatic carbocycles. The minimum absolute atomic E-state index is 0.0129. The van der Waals surface area contributed by atoms with Crippen molar-refractivity contribution in [3.8, 4) is 0 Å². The smallest absolute Gasteiger partial charge is 0.254 e. The average molecular weight is 195 g/mol. The maximum atomic E-state index is 11.6. The molecule has 76 valence electrons. The molecule has 2 N–H and O–H groups in total. The van der Waals surface area contributed by atoms with E-state index in [-0.39, 0.29) is 18.1 Å². The third kappa shape index (κ3) is 1.63. The number of hydrogen-bond donors (Lipinski definition) is 2. The first-order valence-electron chi connectivity index (χ1n) is 4.57. The molecule has 1 saturated carbocycles. The number of aliphatic hydroxyl groups is 1. The van der Waals surface area contributed by atoms with Crippen LogP contribution in [0.2, 0.25) is 0 Å². The Bertz CT molecular complexity index is 355. The molecule has 14 heavy (non-hydrogen) atoms. The quantitative estimate of drug-likeness (QED) is 0.694. The lowest BCUT2D eigenvalue weighted by molar-refractivity contribution is 0.0906. The summed E-state index contributed by atoms with van der Waals surface area (Å²) >= 11 is 0. The lowest BCUT2D eigenvalue weighted by Crippen LogP contribution is -2.39. The van der Waals surface area contributed by atoms with E-state index in [0.29, 0.717) is 5.56 Å². The van der Waals surface area contributed by atoms with E-state index in [4.69, 9.17) is 5.11 Å². The molecule has 1 heterocycles. The maximum absolute atomic E-state index is 11.6. The molecule has 5 nitrogen and oxygen atoms in total. The van der Waals surface area contributed by atoms with E-state index >= 15 is 0 Å². The average Bonchev–Trinajstić information content (AvgIpc) is 2.80. The molecule has 0 unspecified atom stereocenters. The van der Waals surface area contributed by atoms with Gasteiger partial charge < -0.3 is 10.4 Å². The van der Waals surface area contributed by atoms with Crippen molar-refractivity contribution in [3.05, 3.63) is 18.0 Å². The van der Waals surface area contributed by atoms with Crippen LogP contribution in [0.5, 0.6) is 0 Å². The fraction of sp³-hybridized carbons (Fsp3) is 0.556. The van der Waals surface area contributed by atoms with E-state index in [1.807, 2.05) is 0 Å². The number of aryl methyl sites for hydroxylation is 1. The van der Waals surface area contributed by atoms with Gasteiger partial charge in [0.05, 0.1) is 23.9 Å². The molecule has 0 aliphatic heterocycles. The zero-order chi connectivity index (χ0) is 10.2. The first-order chi connectivity index (χ1) is 6.65. The van der Waals surface area contributed by atoms with Crippen molar-refractivity contribution in [3.63, 3.8) is 0 Å². The molecule has 1 amide bonds. The van der Waals surface area contributed by atoms with E-state index in [1.165, 1.54) is 6.20 Å². The normalized spacial score (nSPS) is 17.9. The maximum Gasteiger partial charge on any atom is 0.254 e. The first-order valence-corrected chi connectivity index (χ1v) is 4.57. The number of hydrogen-bond acceptors (Lipinski definition) is 3. The van der Waals surface area contributed by atoms with Crippen molar-refractivity contribution in [2.45, 2.75) is 18.4 Å². The molecule has 0 atom stereocenters. The molecule has 2 rings (SSSR count). The van der Waals surface area contributed by atoms with Gasteiger partial charge in [0, 0.05) is 13.2 Å². The number of aromatic nitrogens is 2. The van der Waals surface area contributed by atoms with Crippen LogP contribution in [0.3, 0.4) is 0 Å². The monoisotopic (exact) mass is 195 g/mol. The first kappa shape index (κ1) is 9.21. The Labute approximate surface area is 81.7 Å². The highest BCUT2D eigenvalue weighted by molar-refractivity contribution is 5.94. The Morgan fingerprint density at radius 3 is 2.93 bits per heavy atom. The summed E-state index contributed by atoms with van der Waals surface area (Å²) in [4.78, 5) is 11.6. The van der Waals surface area contributed by atoms with Gasteiger partial charge in [-0.05, 0) is 12.8 Å². The number of amides is 1. The fourth-order valence-corrected chi connectivity index (χ4v) is 1.33. The molecular weight excluding hydrogens is 182 g/mol. The minimum Gasteiger partial charge on any atom is -0.394 e. The topological polar surface area (TPSA) is 67.2 Å². The van der Waals surface area contributed by atoms with E-state index < -0.39 is 0 Å². The second-order valence-corrected chi connectivity index (χ2v) is 3.80. The van der Waals surface area contributed by atoms with Gasteiger partial charge in [-0.15, -0.1) is 0 Å². The summed E-state index contributed by atoms with van der Waals surface area (Å²) < 4.78 is 1.58. The lowest BCUT2D eigenvalue weighted by atomic mass is 10.2. The number of aliphatic hydroxyl groups excluding tert-OH is 1. The van der Waals surface area contributed by atoms with E-state index in [0.717, 1.165) is 12.8 Å². The summed E-state index contributed by atoms with van der Waals surface area (Å²) in [6.45, 7) is 0.0129. The molecule has 0 radical (unpaired) electrons. The number of nitrogens with one attached hydrogen (secondary N) is 1. The Morgan fingerprint density at radius 1 is 1.79 bits per heavy atom. The molecule has 1 aliphatic carbocycles. The highest BCUT2D eigenvalue weighted by Gasteiger charge is 2.43. The Kier molecular flexibility index (Phi) is 2.03. The van der Waals surface area contributed by atoms with Gasteiger partial charge in [-0.1, -0.05) is 0 Å². The molecule has 1 aliphatic rings. The van der Waals surface area contributed by atoms with E-state index in [1.54, 1.807) is 17.9 Å². The number of carbonyl (C=O) groups excluding carboxylic acids is 1. The largest absolute Gasteiger partial charge is 0.394 e. The van der Waals surface area contributed by atoms with Crippen molar-refractivity contribution < 1.29 is 9.90 Å². The highest BCUT2D eigenvalue weighted by Crippen LogP contribution is 2.34. The summed E-state index contributed by atoms with van der Waals surface area (Å²) in [6.07, 6.45) is 4.89. The predicted molar refractivity (Wildman–Crippen MR) is 49.7 cm³/mol. The van der Waals surface area contributed by atoms with E-state index in [2.05, 4.69) is 10.4 Å². The van der Waals surface area contributed by atoms with Crippen LogP contribution in [0.1, 0.15) is 23.2 Å². The fourth-order valence-electron chi connectivity index (χ4n) is 1.33. The zero-order valence-corrected chi connectivity index (χ0v) is 8.03. The Morgan fingerprint density at radius 2 is 2.50 bits per heavy atom. The highest BCUT2D eigenvalue weighted by atomic mass is 16.3. The number of nitrogens with zero attached hydrogens (tertiary/aromatic N) is 2. The van der Waals surface area contributed by atoms with Crippen molar-refractivity contribution in [2.24, 2.45) is 7.05 Å². The second kappa shape index (κ2) is 3.09. The molecule has 0 bridgehead atoms. The van der Waals surface area contributed by atoms with Gasteiger partial charge in [-0.25, -0.2) is 0 Å². The number of rotatable bonds is 3. The third-order valence-corrected chi connectivity index (χ3v) is 2.50. The van der Waals surface area contributed by atoms with Crippen LogP contribution in [-0.4, -0.2) is 32.9 Å². The van der Waals surface area contributed by atoms with Crippen LogP contribution in [0, 0.1) is 0 Å². The summed E-state index contributed by atoms with van der Waals surface area (Å²) in [6, 6.07) is 0. The van der Waals surface area contributed by atoms with Crippen LogP contribution >= 0.6 is 0 Å². The van der Waals surface area contributed by atoms with Crippen LogP contribution in [0.4, 0.5) is 0 Å². The molecule has 1 aromatic heterocycles. The SMILES string of the molecule is Cn1cc(C(=O)NC2(CO)CC2)cn1. The second-order valence-electron chi connectivity index (χ2n) is 3.80. The molecular formula is C9H13N3O2. The van der Waals surface area contributed by atoms with Crippen molar-refractivity contribution in [1.29, 1.82) is 0 Å². The van der Waals surface area contributed by atoms with Gasteiger partial charge in [0.25, 0.3) is 5.91 Å². The Hall–Kier alpha value is -1.36. The van der Waals surface area contributed by atoms with Crippen LogP contribution in [-0.2, 0) is 7.05 Å². The van der Waals surface area contributed by atoms with Gasteiger partial charge in [-0.3, -0.25) is 9.48 Å². The standard InChI is InChI=1S/C9H13N3O2/c1-12-5-7(4-10-12)8(14)11-9(6-13)2-3-9/h4-5,13H,2-3,6H2,1H3,(H,11,14). The lowest BCUT2D eigenvalue weighted by Gasteiger charge is -2.12. The van der Waals surface area contributed by atoms with Crippen LogP contribution in [0.15, 0.2) is 12.4 Å². The zero-order valence-electron chi connectivity index (χ0n) is 8.03. The van der Waals surface area contributed by atoms with Crippen LogP contribution in [0.25, 0.3) is 0 Å². The van der Waals surface area contributed by atoms with Crippen molar-refractivity contribution in [1.82, 2.24) is 15.1 Å². The molecule has 1 aromatic rings. The minimum atomic E-state index is -0.354. The molecule has 5 heteroatoms. The third-order valence-electron chi connectivity index (χ3n) is 2.50. The van der Waals surface area contributed by atoms with Gasteiger partial charge in [0.1, 0.15) is 0 Å². The summed E-state index contributed by atoms with van der Waals surface area (Å²) in [5, 5.41) is 15.7. The van der Waals surface area contributed by atoms with Gasteiger partial charge in [-0.2, -0.15) is 5.10 Å². The van der Waals surface area contributed by atoms with Crippen LogP contribution < -0.4 is 5.32 Å². The van der Waals surface area contributed by atoms with Gasteiger partial charge >= 0.3 is 0 Å². The van der Waals surface area contributed by atoms with E-state index in [9.17, 15) is 4.79 Å². The predicted octanol–water partition coefficient (Wildman–Crippen LogP) is -0.325. The van der Waals surface area contributed by atoms with Gasteiger partial charge in [0.15, 0.2) is 0 Å². The summed E-state index contributed by atoms with van der Waals surface area (Å²) in [5.41, 5.74) is 0.180. The Balaban J connectivity index is 2.03. The van der Waals surface area contributed by atoms with Gasteiger partial charge in [0.2, 0.25) is 0 Å². The summed E-state index contributed by atoms with van der Waals surface area (Å²) in [7, 11) is 1.76. The molecule has 0 spiro atoms. The van der Waals surface area contributed by atoms with Crippen molar-refractivity contribution in [2.75, 3.05) is 6.61 Å². The molecule has 1 fully saturated rings. The summed E-state index contributed by atoms with van der Waals surface area (Å²) in [5.74, 6) is -0.162. The van der Waals surface area contributed by atoms with Crippen molar-refractivity contribution >= 4 is 5.91 Å².